The van der Waals surface area contributed by atoms with Crippen molar-refractivity contribution in [3.8, 4) is 5.75 Å². The van der Waals surface area contributed by atoms with Crippen molar-refractivity contribution < 1.29 is 24.6 Å². The normalized spacial score (nSPS) is 11.8. The van der Waals surface area contributed by atoms with Crippen molar-refractivity contribution >= 4 is 11.7 Å². The summed E-state index contributed by atoms with van der Waals surface area (Å²) in [7, 11) is 1.06. The molecule has 6 heteroatoms. The molecule has 1 aromatic carbocycles. The van der Waals surface area contributed by atoms with E-state index in [1.54, 1.807) is 24.3 Å². The van der Waals surface area contributed by atoms with Gasteiger partial charge in [-0.1, -0.05) is 12.1 Å². The van der Waals surface area contributed by atoms with E-state index >= 15 is 0 Å². The lowest BCUT2D eigenvalue weighted by Gasteiger charge is -2.13. The zero-order valence-corrected chi connectivity index (χ0v) is 10.9. The molecule has 1 atom stereocenters. The van der Waals surface area contributed by atoms with Gasteiger partial charge in [-0.2, -0.15) is 0 Å². The minimum atomic E-state index is -1.11. The third-order valence-electron chi connectivity index (χ3n) is 2.47. The van der Waals surface area contributed by atoms with E-state index < -0.39 is 17.8 Å². The second kappa shape index (κ2) is 6.86. The Morgan fingerprint density at radius 3 is 2.68 bits per heavy atom. The highest BCUT2D eigenvalue weighted by molar-refractivity contribution is 6.35. The first-order valence-electron chi connectivity index (χ1n) is 5.86. The maximum absolute atomic E-state index is 11.4. The summed E-state index contributed by atoms with van der Waals surface area (Å²) in [5, 5.41) is 18.9. The molecule has 0 spiro atoms. The molecular weight excluding hydrogens is 250 g/mol. The number of nitrogens with zero attached hydrogens (tertiary/aromatic N) is 1. The van der Waals surface area contributed by atoms with Crippen LogP contribution in [0.25, 0.3) is 0 Å². The molecular formula is C13H17NO5. The fraction of sp³-hybridized carbons (Fsp3) is 0.385. The molecule has 0 fully saturated rings. The van der Waals surface area contributed by atoms with Crippen molar-refractivity contribution in [2.75, 3.05) is 13.7 Å². The number of carbonyl (C=O) groups excluding carboxylic acids is 2. The number of likely N-dealkylation sites (N-methyl/N-ethyl adjacent to an activating group) is 1. The van der Waals surface area contributed by atoms with Gasteiger partial charge in [-0.3, -0.25) is 14.8 Å². The molecule has 6 nitrogen and oxygen atoms in total. The highest BCUT2D eigenvalue weighted by Crippen LogP contribution is 2.22. The van der Waals surface area contributed by atoms with E-state index in [-0.39, 0.29) is 11.5 Å². The van der Waals surface area contributed by atoms with Crippen LogP contribution in [0.2, 0.25) is 0 Å². The number of Topliss-reactive ketones (excluding diaryl/α,β-unsaturated/α-hetero) is 1. The van der Waals surface area contributed by atoms with Crippen LogP contribution in [0.5, 0.6) is 5.75 Å². The average molecular weight is 267 g/mol. The second-order valence-corrected chi connectivity index (χ2v) is 3.98. The van der Waals surface area contributed by atoms with Crippen LogP contribution in [-0.2, 0) is 9.59 Å². The number of aliphatic hydroxyl groups is 1. The highest BCUT2D eigenvalue weighted by atomic mass is 16.5. The first-order valence-corrected chi connectivity index (χ1v) is 5.86. The topological polar surface area (TPSA) is 87.1 Å². The van der Waals surface area contributed by atoms with Crippen molar-refractivity contribution in [2.45, 2.75) is 19.4 Å². The van der Waals surface area contributed by atoms with Crippen molar-refractivity contribution in [3.05, 3.63) is 29.8 Å². The minimum Gasteiger partial charge on any atom is -0.494 e. The fourth-order valence-corrected chi connectivity index (χ4v) is 1.54. The molecule has 1 amide bonds. The van der Waals surface area contributed by atoms with E-state index in [4.69, 9.17) is 9.94 Å². The Morgan fingerprint density at radius 1 is 1.42 bits per heavy atom. The van der Waals surface area contributed by atoms with Crippen molar-refractivity contribution in [2.24, 2.45) is 0 Å². The van der Waals surface area contributed by atoms with E-state index in [1.807, 2.05) is 6.92 Å². The van der Waals surface area contributed by atoms with Gasteiger partial charge in [0.05, 0.1) is 12.7 Å². The Hall–Kier alpha value is -1.92. The number of ketones is 1. The van der Waals surface area contributed by atoms with Gasteiger partial charge in [-0.15, -0.1) is 0 Å². The number of hydrogen-bond acceptors (Lipinski definition) is 5. The molecule has 19 heavy (non-hydrogen) atoms. The quantitative estimate of drug-likeness (QED) is 0.455. The van der Waals surface area contributed by atoms with Gasteiger partial charge in [0.1, 0.15) is 5.75 Å². The number of hydrogen-bond donors (Lipinski definition) is 2. The largest absolute Gasteiger partial charge is 0.494 e. The monoisotopic (exact) mass is 267 g/mol. The molecule has 0 radical (unpaired) electrons. The molecule has 0 aliphatic rings. The number of benzene rings is 1. The third-order valence-corrected chi connectivity index (χ3v) is 2.47. The number of hydroxylamine groups is 2. The van der Waals surface area contributed by atoms with E-state index in [0.717, 1.165) is 7.05 Å². The number of ether oxygens (including phenoxy) is 1. The van der Waals surface area contributed by atoms with Crippen LogP contribution in [0.4, 0.5) is 0 Å². The van der Waals surface area contributed by atoms with Gasteiger partial charge in [-0.05, 0) is 24.6 Å². The first-order chi connectivity index (χ1) is 8.95. The minimum absolute atomic E-state index is 0.200. The van der Waals surface area contributed by atoms with Gasteiger partial charge in [-0.25, -0.2) is 5.06 Å². The van der Waals surface area contributed by atoms with E-state index in [0.29, 0.717) is 17.9 Å². The molecule has 0 saturated heterocycles. The van der Waals surface area contributed by atoms with E-state index in [1.165, 1.54) is 0 Å². The predicted molar refractivity (Wildman–Crippen MR) is 66.8 cm³/mol. The molecule has 0 saturated carbocycles. The highest BCUT2D eigenvalue weighted by Gasteiger charge is 2.22. The van der Waals surface area contributed by atoms with Gasteiger partial charge in [0.15, 0.2) is 0 Å². The number of aliphatic hydroxyl groups excluding tert-OH is 1. The molecule has 0 aliphatic carbocycles. The van der Waals surface area contributed by atoms with Gasteiger partial charge in [0.25, 0.3) is 0 Å². The van der Waals surface area contributed by atoms with Crippen LogP contribution in [0, 0.1) is 0 Å². The molecule has 1 aromatic rings. The zero-order valence-electron chi connectivity index (χ0n) is 10.9. The smallest absolute Gasteiger partial charge is 0.313 e. The summed E-state index contributed by atoms with van der Waals surface area (Å²) in [6, 6.07) is 6.66. The zero-order chi connectivity index (χ0) is 14.4. The molecule has 1 rings (SSSR count). The van der Waals surface area contributed by atoms with Crippen molar-refractivity contribution in [1.29, 1.82) is 0 Å². The average Bonchev–Trinajstić information content (AvgIpc) is 2.38. The summed E-state index contributed by atoms with van der Waals surface area (Å²) < 4.78 is 5.28. The summed E-state index contributed by atoms with van der Waals surface area (Å²) >= 11 is 0. The summed E-state index contributed by atoms with van der Waals surface area (Å²) in [5.74, 6) is -1.34. The molecule has 0 bridgehead atoms. The van der Waals surface area contributed by atoms with Crippen LogP contribution in [0.15, 0.2) is 24.3 Å². The fourth-order valence-electron chi connectivity index (χ4n) is 1.54. The Bertz CT molecular complexity index is 458. The summed E-state index contributed by atoms with van der Waals surface area (Å²) in [6.45, 7) is 2.33. The summed E-state index contributed by atoms with van der Waals surface area (Å²) in [6.07, 6.45) is -1.50. The summed E-state index contributed by atoms with van der Waals surface area (Å²) in [4.78, 5) is 22.6. The SMILES string of the molecule is CCOc1cccc(C(O)CC(=O)C(=O)N(C)O)c1. The van der Waals surface area contributed by atoms with E-state index in [2.05, 4.69) is 0 Å². The van der Waals surface area contributed by atoms with Crippen molar-refractivity contribution in [3.63, 3.8) is 0 Å². The lowest BCUT2D eigenvalue weighted by atomic mass is 10.0. The van der Waals surface area contributed by atoms with Crippen LogP contribution in [0.1, 0.15) is 25.0 Å². The summed E-state index contributed by atoms with van der Waals surface area (Å²) in [5.41, 5.74) is 0.479. The Balaban J connectivity index is 2.72. The Kier molecular flexibility index (Phi) is 5.47. The second-order valence-electron chi connectivity index (χ2n) is 3.98. The van der Waals surface area contributed by atoms with Gasteiger partial charge in [0.2, 0.25) is 5.78 Å². The van der Waals surface area contributed by atoms with Gasteiger partial charge < -0.3 is 9.84 Å². The van der Waals surface area contributed by atoms with Gasteiger partial charge in [0, 0.05) is 13.5 Å². The van der Waals surface area contributed by atoms with Crippen LogP contribution in [0.3, 0.4) is 0 Å². The lowest BCUT2D eigenvalue weighted by Crippen LogP contribution is -2.31. The molecule has 104 valence electrons. The predicted octanol–water partition coefficient (Wildman–Crippen LogP) is 0.925. The maximum Gasteiger partial charge on any atom is 0.313 e. The molecule has 0 heterocycles. The maximum atomic E-state index is 11.4. The van der Waals surface area contributed by atoms with Crippen molar-refractivity contribution in [1.82, 2.24) is 5.06 Å². The lowest BCUT2D eigenvalue weighted by molar-refractivity contribution is -0.166. The third kappa shape index (κ3) is 4.35. The molecule has 1 unspecified atom stereocenters. The van der Waals surface area contributed by atoms with Crippen LogP contribution < -0.4 is 4.74 Å². The molecule has 2 N–H and O–H groups in total. The molecule has 0 aromatic heterocycles. The molecule has 0 aliphatic heterocycles. The first kappa shape index (κ1) is 15.1. The number of amides is 1. The standard InChI is InChI=1S/C13H17NO5/c1-3-19-10-6-4-5-9(7-10)11(15)8-12(16)13(17)14(2)18/h4-7,11,15,18H,3,8H2,1-2H3. The Labute approximate surface area is 111 Å². The van der Waals surface area contributed by atoms with Crippen LogP contribution in [-0.4, -0.2) is 40.7 Å². The van der Waals surface area contributed by atoms with Gasteiger partial charge >= 0.3 is 5.91 Å². The van der Waals surface area contributed by atoms with Crippen LogP contribution >= 0.6 is 0 Å². The Morgan fingerprint density at radius 2 is 2.11 bits per heavy atom. The van der Waals surface area contributed by atoms with E-state index in [9.17, 15) is 14.7 Å². The number of rotatable bonds is 6. The number of carbonyl (C=O) groups is 2.